The van der Waals surface area contributed by atoms with Crippen LogP contribution >= 0.6 is 0 Å². The van der Waals surface area contributed by atoms with Gasteiger partial charge in [0, 0.05) is 0 Å². The number of hydrogen-bond acceptors (Lipinski definition) is 0. The van der Waals surface area contributed by atoms with E-state index in [-0.39, 0.29) is 0 Å². The summed E-state index contributed by atoms with van der Waals surface area (Å²) < 4.78 is 0. The fraction of sp³-hybridized carbons (Fsp3) is 0.368. The monoisotopic (exact) mass is 252 g/mol. The van der Waals surface area contributed by atoms with Crippen molar-refractivity contribution in [3.05, 3.63) is 71.3 Å². The van der Waals surface area contributed by atoms with Crippen molar-refractivity contribution in [1.82, 2.24) is 0 Å². The predicted octanol–water partition coefficient (Wildman–Crippen LogP) is 5.40. The molecule has 0 aliphatic heterocycles. The minimum absolute atomic E-state index is 0.832. The minimum atomic E-state index is 0.832. The van der Waals surface area contributed by atoms with Gasteiger partial charge in [-0.15, -0.1) is 0 Å². The maximum Gasteiger partial charge on any atom is -0.0165 e. The van der Waals surface area contributed by atoms with Gasteiger partial charge in [0.2, 0.25) is 0 Å². The van der Waals surface area contributed by atoms with E-state index < -0.39 is 0 Å². The third-order valence-electron chi connectivity index (χ3n) is 3.70. The van der Waals surface area contributed by atoms with Crippen LogP contribution in [0.15, 0.2) is 60.2 Å². The van der Waals surface area contributed by atoms with Crippen LogP contribution < -0.4 is 0 Å². The molecule has 0 bridgehead atoms. The molecule has 0 amide bonds. The second kappa shape index (κ2) is 7.13. The van der Waals surface area contributed by atoms with E-state index in [1.807, 2.05) is 0 Å². The van der Waals surface area contributed by atoms with Gasteiger partial charge in [0.15, 0.2) is 0 Å². The van der Waals surface area contributed by atoms with Crippen molar-refractivity contribution in [2.75, 3.05) is 0 Å². The summed E-state index contributed by atoms with van der Waals surface area (Å²) in [6.45, 7) is 4.26. The Morgan fingerprint density at radius 3 is 2.68 bits per heavy atom. The van der Waals surface area contributed by atoms with Gasteiger partial charge in [0.05, 0.1) is 0 Å². The van der Waals surface area contributed by atoms with Crippen LogP contribution in [-0.4, -0.2) is 0 Å². The molecule has 0 N–H and O–H groups in total. The molecule has 0 unspecified atom stereocenters. The van der Waals surface area contributed by atoms with Crippen molar-refractivity contribution in [2.24, 2.45) is 5.92 Å². The molecule has 19 heavy (non-hydrogen) atoms. The van der Waals surface area contributed by atoms with Gasteiger partial charge >= 0.3 is 0 Å². The molecule has 0 spiro atoms. The van der Waals surface area contributed by atoms with Crippen LogP contribution in [-0.2, 0) is 6.42 Å². The summed E-state index contributed by atoms with van der Waals surface area (Å²) in [6.07, 6.45) is 16.1. The smallest absolute Gasteiger partial charge is 0.0165 e. The average Bonchev–Trinajstić information content (AvgIpc) is 3.24. The van der Waals surface area contributed by atoms with E-state index in [1.165, 1.54) is 29.5 Å². The molecule has 1 saturated carbocycles. The highest BCUT2D eigenvalue weighted by molar-refractivity contribution is 5.29. The zero-order chi connectivity index (χ0) is 13.5. The predicted molar refractivity (Wildman–Crippen MR) is 84.3 cm³/mol. The van der Waals surface area contributed by atoms with E-state index in [4.69, 9.17) is 0 Å². The third-order valence-corrected chi connectivity index (χ3v) is 3.70. The molecule has 0 radical (unpaired) electrons. The van der Waals surface area contributed by atoms with Gasteiger partial charge in [-0.25, -0.2) is 0 Å². The van der Waals surface area contributed by atoms with Crippen LogP contribution in [0.5, 0.6) is 0 Å². The van der Waals surface area contributed by atoms with Crippen LogP contribution in [0, 0.1) is 12.8 Å². The average molecular weight is 252 g/mol. The standard InChI is InChI=1S/C19H24/c1-3-4-5-11-18(19-14-15-19)13-8-12-17-10-7-6-9-16(17)2/h3-7,9-11,13,19H,8,12,14-15H2,1-2H3/b4-3-,11-5-,18-13-. The summed E-state index contributed by atoms with van der Waals surface area (Å²) >= 11 is 0. The Morgan fingerprint density at radius 2 is 2.00 bits per heavy atom. The van der Waals surface area contributed by atoms with E-state index in [0.29, 0.717) is 0 Å². The Hall–Kier alpha value is -1.56. The lowest BCUT2D eigenvalue weighted by Gasteiger charge is -2.04. The number of rotatable bonds is 6. The first-order valence-electron chi connectivity index (χ1n) is 7.35. The summed E-state index contributed by atoms with van der Waals surface area (Å²) in [7, 11) is 0. The first-order chi connectivity index (χ1) is 9.31. The van der Waals surface area contributed by atoms with Crippen LogP contribution in [0.1, 0.15) is 37.3 Å². The van der Waals surface area contributed by atoms with Gasteiger partial charge in [-0.05, 0) is 62.1 Å². The molecule has 1 aromatic carbocycles. The highest BCUT2D eigenvalue weighted by Gasteiger charge is 2.23. The molecule has 0 saturated heterocycles. The molecular formula is C19H24. The first-order valence-corrected chi connectivity index (χ1v) is 7.35. The third kappa shape index (κ3) is 4.55. The molecular weight excluding hydrogens is 228 g/mol. The van der Waals surface area contributed by atoms with Crippen molar-refractivity contribution < 1.29 is 0 Å². The molecule has 0 heterocycles. The van der Waals surface area contributed by atoms with Crippen molar-refractivity contribution in [2.45, 2.75) is 39.5 Å². The summed E-state index contributed by atoms with van der Waals surface area (Å²) in [5.74, 6) is 0.832. The van der Waals surface area contributed by atoms with Gasteiger partial charge in [-0.1, -0.05) is 54.6 Å². The van der Waals surface area contributed by atoms with Gasteiger partial charge < -0.3 is 0 Å². The van der Waals surface area contributed by atoms with Crippen molar-refractivity contribution in [3.63, 3.8) is 0 Å². The fourth-order valence-electron chi connectivity index (χ4n) is 2.35. The fourth-order valence-corrected chi connectivity index (χ4v) is 2.35. The molecule has 0 atom stereocenters. The SMILES string of the molecule is C\C=C/C=C\C(=C\CCc1ccccc1C)C1CC1. The summed E-state index contributed by atoms with van der Waals surface area (Å²) in [6, 6.07) is 8.70. The molecule has 100 valence electrons. The Balaban J connectivity index is 1.93. The molecule has 1 aliphatic rings. The van der Waals surface area contributed by atoms with E-state index >= 15 is 0 Å². The topological polar surface area (TPSA) is 0 Å². The zero-order valence-corrected chi connectivity index (χ0v) is 12.1. The lowest BCUT2D eigenvalue weighted by molar-refractivity contribution is 0.950. The minimum Gasteiger partial charge on any atom is -0.0877 e. The van der Waals surface area contributed by atoms with Crippen molar-refractivity contribution >= 4 is 0 Å². The normalized spacial score (nSPS) is 16.6. The quantitative estimate of drug-likeness (QED) is 0.595. The Morgan fingerprint density at radius 1 is 1.21 bits per heavy atom. The molecule has 2 rings (SSSR count). The molecule has 1 fully saturated rings. The van der Waals surface area contributed by atoms with Crippen LogP contribution in [0.4, 0.5) is 0 Å². The summed E-state index contributed by atoms with van der Waals surface area (Å²) in [5, 5.41) is 0. The van der Waals surface area contributed by atoms with Crippen LogP contribution in [0.25, 0.3) is 0 Å². The second-order valence-corrected chi connectivity index (χ2v) is 5.33. The maximum atomic E-state index is 2.43. The van der Waals surface area contributed by atoms with E-state index in [1.54, 1.807) is 0 Å². The van der Waals surface area contributed by atoms with Crippen molar-refractivity contribution in [1.29, 1.82) is 0 Å². The van der Waals surface area contributed by atoms with Crippen molar-refractivity contribution in [3.8, 4) is 0 Å². The number of allylic oxidation sites excluding steroid dienone is 6. The van der Waals surface area contributed by atoms with Crippen LogP contribution in [0.3, 0.4) is 0 Å². The van der Waals surface area contributed by atoms with Gasteiger partial charge in [0.25, 0.3) is 0 Å². The molecule has 0 heteroatoms. The summed E-state index contributed by atoms with van der Waals surface area (Å²) in [4.78, 5) is 0. The molecule has 1 aliphatic carbocycles. The van der Waals surface area contributed by atoms with E-state index in [9.17, 15) is 0 Å². The van der Waals surface area contributed by atoms with E-state index in [2.05, 4.69) is 68.5 Å². The second-order valence-electron chi connectivity index (χ2n) is 5.33. The maximum absolute atomic E-state index is 2.43. The van der Waals surface area contributed by atoms with Gasteiger partial charge in [-0.2, -0.15) is 0 Å². The number of hydrogen-bond donors (Lipinski definition) is 0. The Labute approximate surface area is 117 Å². The summed E-state index contributed by atoms with van der Waals surface area (Å²) in [5.41, 5.74) is 4.42. The van der Waals surface area contributed by atoms with E-state index in [0.717, 1.165) is 18.8 Å². The molecule has 1 aromatic rings. The van der Waals surface area contributed by atoms with Gasteiger partial charge in [-0.3, -0.25) is 0 Å². The first kappa shape index (κ1) is 13.9. The highest BCUT2D eigenvalue weighted by atomic mass is 14.3. The Kier molecular flexibility index (Phi) is 5.20. The Bertz CT molecular complexity index is 485. The lowest BCUT2D eigenvalue weighted by atomic mass is 10.0. The zero-order valence-electron chi connectivity index (χ0n) is 12.1. The highest BCUT2D eigenvalue weighted by Crippen LogP contribution is 2.37. The largest absolute Gasteiger partial charge is 0.0877 e. The molecule has 0 aromatic heterocycles. The number of aryl methyl sites for hydroxylation is 2. The van der Waals surface area contributed by atoms with Gasteiger partial charge in [0.1, 0.15) is 0 Å². The lowest BCUT2D eigenvalue weighted by Crippen LogP contribution is -1.89. The number of benzene rings is 1. The molecule has 0 nitrogen and oxygen atoms in total. The van der Waals surface area contributed by atoms with Crippen LogP contribution in [0.2, 0.25) is 0 Å².